The molecule has 116 valence electrons. The maximum atomic E-state index is 13.1. The Morgan fingerprint density at radius 3 is 3.10 bits per heavy atom. The molecule has 1 aromatic carbocycles. The second-order valence-electron chi connectivity index (χ2n) is 5.39. The average molecular weight is 294 g/mol. The van der Waals surface area contributed by atoms with Crippen LogP contribution < -0.4 is 5.32 Å². The fourth-order valence-electron chi connectivity index (χ4n) is 2.67. The number of hydrogen-bond donors (Lipinski definition) is 1. The summed E-state index contributed by atoms with van der Waals surface area (Å²) in [4.78, 5) is 14.4. The van der Waals surface area contributed by atoms with Crippen LogP contribution in [0.2, 0.25) is 0 Å². The molecule has 1 saturated heterocycles. The molecule has 0 aromatic heterocycles. The minimum Gasteiger partial charge on any atom is -0.377 e. The van der Waals surface area contributed by atoms with Crippen LogP contribution in [0.3, 0.4) is 0 Å². The van der Waals surface area contributed by atoms with E-state index in [4.69, 9.17) is 4.74 Å². The molecular formula is C16H23FN2O2. The zero-order chi connectivity index (χ0) is 15.2. The van der Waals surface area contributed by atoms with Crippen molar-refractivity contribution in [2.45, 2.75) is 38.8 Å². The van der Waals surface area contributed by atoms with Crippen molar-refractivity contribution in [3.8, 4) is 0 Å². The van der Waals surface area contributed by atoms with E-state index in [-0.39, 0.29) is 23.9 Å². The lowest BCUT2D eigenvalue weighted by Crippen LogP contribution is -2.49. The van der Waals surface area contributed by atoms with E-state index < -0.39 is 0 Å². The standard InChI is InChI=1S/C16H23FN2O2/c1-3-21-15-8-5-9-19(11-15)12(2)16(20)18-14-7-4-6-13(17)10-14/h4,6-7,10,12,15H,3,5,8-9,11H2,1-2H3,(H,18,20). The topological polar surface area (TPSA) is 41.6 Å². The highest BCUT2D eigenvalue weighted by Crippen LogP contribution is 2.17. The van der Waals surface area contributed by atoms with Crippen LogP contribution >= 0.6 is 0 Å². The molecule has 2 unspecified atom stereocenters. The van der Waals surface area contributed by atoms with Gasteiger partial charge in [0.15, 0.2) is 0 Å². The number of ether oxygens (including phenoxy) is 1. The molecule has 0 bridgehead atoms. The quantitative estimate of drug-likeness (QED) is 0.907. The van der Waals surface area contributed by atoms with E-state index in [1.165, 1.54) is 12.1 Å². The number of nitrogens with one attached hydrogen (secondary N) is 1. The van der Waals surface area contributed by atoms with Gasteiger partial charge in [0, 0.05) is 18.8 Å². The molecule has 1 aliphatic heterocycles. The average Bonchev–Trinajstić information content (AvgIpc) is 2.47. The largest absolute Gasteiger partial charge is 0.377 e. The fraction of sp³-hybridized carbons (Fsp3) is 0.562. The minimum absolute atomic E-state index is 0.113. The predicted molar refractivity (Wildman–Crippen MR) is 80.7 cm³/mol. The van der Waals surface area contributed by atoms with Gasteiger partial charge in [-0.25, -0.2) is 4.39 Å². The van der Waals surface area contributed by atoms with E-state index >= 15 is 0 Å². The highest BCUT2D eigenvalue weighted by molar-refractivity contribution is 5.94. The molecular weight excluding hydrogens is 271 g/mol. The number of anilines is 1. The summed E-state index contributed by atoms with van der Waals surface area (Å²) >= 11 is 0. The van der Waals surface area contributed by atoms with Gasteiger partial charge >= 0.3 is 0 Å². The molecule has 1 fully saturated rings. The monoisotopic (exact) mass is 294 g/mol. The van der Waals surface area contributed by atoms with Gasteiger partial charge in [-0.2, -0.15) is 0 Å². The van der Waals surface area contributed by atoms with E-state index in [1.54, 1.807) is 12.1 Å². The first kappa shape index (κ1) is 15.9. The lowest BCUT2D eigenvalue weighted by atomic mass is 10.1. The zero-order valence-electron chi connectivity index (χ0n) is 12.6. The number of carbonyl (C=O) groups is 1. The smallest absolute Gasteiger partial charge is 0.241 e. The Morgan fingerprint density at radius 2 is 2.38 bits per heavy atom. The highest BCUT2D eigenvalue weighted by atomic mass is 19.1. The first-order chi connectivity index (χ1) is 10.1. The van der Waals surface area contributed by atoms with E-state index in [0.29, 0.717) is 12.3 Å². The first-order valence-corrected chi connectivity index (χ1v) is 7.52. The summed E-state index contributed by atoms with van der Waals surface area (Å²) in [7, 11) is 0. The molecule has 1 heterocycles. The Balaban J connectivity index is 1.92. The molecule has 2 atom stereocenters. The van der Waals surface area contributed by atoms with E-state index in [1.807, 2.05) is 13.8 Å². The summed E-state index contributed by atoms with van der Waals surface area (Å²) in [6.07, 6.45) is 2.28. The van der Waals surface area contributed by atoms with Crippen molar-refractivity contribution in [1.29, 1.82) is 0 Å². The number of amides is 1. The van der Waals surface area contributed by atoms with Gasteiger partial charge in [0.05, 0.1) is 12.1 Å². The van der Waals surface area contributed by atoms with Crippen LogP contribution in [0.25, 0.3) is 0 Å². The Morgan fingerprint density at radius 1 is 1.57 bits per heavy atom. The van der Waals surface area contributed by atoms with Crippen molar-refractivity contribution in [2.24, 2.45) is 0 Å². The van der Waals surface area contributed by atoms with Gasteiger partial charge < -0.3 is 10.1 Å². The molecule has 4 nitrogen and oxygen atoms in total. The van der Waals surface area contributed by atoms with Gasteiger partial charge in [-0.05, 0) is 51.4 Å². The third-order valence-electron chi connectivity index (χ3n) is 3.83. The van der Waals surface area contributed by atoms with E-state index in [2.05, 4.69) is 10.2 Å². The van der Waals surface area contributed by atoms with Gasteiger partial charge in [-0.1, -0.05) is 6.07 Å². The summed E-state index contributed by atoms with van der Waals surface area (Å²) in [5.74, 6) is -0.465. The van der Waals surface area contributed by atoms with Crippen LogP contribution in [0.1, 0.15) is 26.7 Å². The molecule has 0 saturated carbocycles. The lowest BCUT2D eigenvalue weighted by molar-refractivity contribution is -0.122. The minimum atomic E-state index is -0.352. The van der Waals surface area contributed by atoms with Crippen LogP contribution in [0.15, 0.2) is 24.3 Å². The number of rotatable bonds is 5. The van der Waals surface area contributed by atoms with Crippen molar-refractivity contribution in [3.05, 3.63) is 30.1 Å². The lowest BCUT2D eigenvalue weighted by Gasteiger charge is -2.35. The molecule has 1 aromatic rings. The number of likely N-dealkylation sites (tertiary alicyclic amines) is 1. The van der Waals surface area contributed by atoms with Crippen LogP contribution in [0, 0.1) is 5.82 Å². The number of halogens is 1. The number of piperidine rings is 1. The van der Waals surface area contributed by atoms with Gasteiger partial charge in [0.2, 0.25) is 5.91 Å². The number of benzene rings is 1. The van der Waals surface area contributed by atoms with E-state index in [9.17, 15) is 9.18 Å². The Bertz CT molecular complexity index is 479. The van der Waals surface area contributed by atoms with Gasteiger partial charge in [-0.3, -0.25) is 9.69 Å². The normalized spacial score (nSPS) is 21.0. The summed E-state index contributed by atoms with van der Waals surface area (Å²) in [6, 6.07) is 5.70. The molecule has 5 heteroatoms. The van der Waals surface area contributed by atoms with Crippen molar-refractivity contribution in [3.63, 3.8) is 0 Å². The van der Waals surface area contributed by atoms with Crippen molar-refractivity contribution in [1.82, 2.24) is 4.90 Å². The van der Waals surface area contributed by atoms with Gasteiger partial charge in [0.25, 0.3) is 0 Å². The second kappa shape index (κ2) is 7.52. The molecule has 2 rings (SSSR count). The van der Waals surface area contributed by atoms with Gasteiger partial charge in [0.1, 0.15) is 5.82 Å². The zero-order valence-corrected chi connectivity index (χ0v) is 12.6. The first-order valence-electron chi connectivity index (χ1n) is 7.52. The Kier molecular flexibility index (Phi) is 5.70. The molecule has 0 radical (unpaired) electrons. The molecule has 0 aliphatic carbocycles. The molecule has 0 spiro atoms. The molecule has 1 amide bonds. The van der Waals surface area contributed by atoms with Crippen LogP contribution in [-0.4, -0.2) is 42.6 Å². The maximum absolute atomic E-state index is 13.1. The highest BCUT2D eigenvalue weighted by Gasteiger charge is 2.27. The fourth-order valence-corrected chi connectivity index (χ4v) is 2.67. The van der Waals surface area contributed by atoms with Crippen LogP contribution in [0.5, 0.6) is 0 Å². The summed E-state index contributed by atoms with van der Waals surface area (Å²) in [6.45, 7) is 6.22. The van der Waals surface area contributed by atoms with E-state index in [0.717, 1.165) is 25.9 Å². The molecule has 21 heavy (non-hydrogen) atoms. The Hall–Kier alpha value is -1.46. The summed E-state index contributed by atoms with van der Waals surface area (Å²) in [5, 5.41) is 2.77. The SMILES string of the molecule is CCOC1CCCN(C(C)C(=O)Nc2cccc(F)c2)C1. The van der Waals surface area contributed by atoms with Crippen molar-refractivity contribution >= 4 is 11.6 Å². The summed E-state index contributed by atoms with van der Waals surface area (Å²) in [5.41, 5.74) is 0.491. The Labute approximate surface area is 125 Å². The predicted octanol–water partition coefficient (Wildman–Crippen LogP) is 2.65. The molecule has 1 N–H and O–H groups in total. The van der Waals surface area contributed by atoms with Crippen molar-refractivity contribution < 1.29 is 13.9 Å². The maximum Gasteiger partial charge on any atom is 0.241 e. The van der Waals surface area contributed by atoms with Gasteiger partial charge in [-0.15, -0.1) is 0 Å². The third-order valence-corrected chi connectivity index (χ3v) is 3.83. The number of carbonyl (C=O) groups excluding carboxylic acids is 1. The second-order valence-corrected chi connectivity index (χ2v) is 5.39. The van der Waals surface area contributed by atoms with Crippen LogP contribution in [-0.2, 0) is 9.53 Å². The van der Waals surface area contributed by atoms with Crippen LogP contribution in [0.4, 0.5) is 10.1 Å². The summed E-state index contributed by atoms with van der Waals surface area (Å²) < 4.78 is 18.8. The number of nitrogens with zero attached hydrogens (tertiary/aromatic N) is 1. The third kappa shape index (κ3) is 4.51. The number of hydrogen-bond acceptors (Lipinski definition) is 3. The molecule has 1 aliphatic rings. The van der Waals surface area contributed by atoms with Crippen molar-refractivity contribution in [2.75, 3.05) is 25.0 Å².